The van der Waals surface area contributed by atoms with Gasteiger partial charge in [-0.05, 0) is 36.5 Å². The number of hydrogen-bond donors (Lipinski definition) is 1. The molecule has 5 nitrogen and oxygen atoms in total. The van der Waals surface area contributed by atoms with E-state index in [-0.39, 0.29) is 17.5 Å². The quantitative estimate of drug-likeness (QED) is 0.915. The summed E-state index contributed by atoms with van der Waals surface area (Å²) >= 11 is 0. The lowest BCUT2D eigenvalue weighted by molar-refractivity contribution is -0.286. The van der Waals surface area contributed by atoms with Crippen molar-refractivity contribution in [1.29, 1.82) is 0 Å². The molecule has 0 aliphatic carbocycles. The second kappa shape index (κ2) is 6.46. The molecule has 0 bridgehead atoms. The minimum absolute atomic E-state index is 0.106. The van der Waals surface area contributed by atoms with Crippen LogP contribution in [0.3, 0.4) is 0 Å². The van der Waals surface area contributed by atoms with Gasteiger partial charge in [0, 0.05) is 45.4 Å². The number of ether oxygens (including phenoxy) is 3. The summed E-state index contributed by atoms with van der Waals surface area (Å²) in [4.78, 5) is 2.45. The van der Waals surface area contributed by atoms with Crippen LogP contribution in [0, 0.1) is 5.92 Å². The van der Waals surface area contributed by atoms with Crippen molar-refractivity contribution in [3.8, 4) is 11.5 Å². The Morgan fingerprint density at radius 3 is 2.54 bits per heavy atom. The van der Waals surface area contributed by atoms with Crippen LogP contribution in [0.25, 0.3) is 0 Å². The first-order valence-electron chi connectivity index (χ1n) is 8.55. The number of halogens is 2. The van der Waals surface area contributed by atoms with Crippen LogP contribution >= 0.6 is 0 Å². The molecule has 0 saturated carbocycles. The van der Waals surface area contributed by atoms with Crippen LogP contribution < -0.4 is 14.8 Å². The molecule has 1 atom stereocenters. The Morgan fingerprint density at radius 1 is 1.08 bits per heavy atom. The summed E-state index contributed by atoms with van der Waals surface area (Å²) in [5, 5.41) is 3.37. The topological polar surface area (TPSA) is 43.0 Å². The van der Waals surface area contributed by atoms with E-state index >= 15 is 0 Å². The Hall–Kier alpha value is -1.44. The number of rotatable bonds is 3. The first-order chi connectivity index (χ1) is 11.6. The average molecular weight is 340 g/mol. The Kier molecular flexibility index (Phi) is 4.32. The molecule has 1 aromatic rings. The fraction of sp³-hybridized carbons (Fsp3) is 0.647. The van der Waals surface area contributed by atoms with Gasteiger partial charge in [0.2, 0.25) is 0 Å². The van der Waals surface area contributed by atoms with E-state index in [0.717, 1.165) is 57.8 Å². The third kappa shape index (κ3) is 3.20. The van der Waals surface area contributed by atoms with Crippen molar-refractivity contribution in [3.63, 3.8) is 0 Å². The molecule has 1 N–H and O–H groups in total. The Morgan fingerprint density at radius 2 is 1.79 bits per heavy atom. The van der Waals surface area contributed by atoms with Gasteiger partial charge in [-0.15, -0.1) is 8.78 Å². The molecule has 2 fully saturated rings. The van der Waals surface area contributed by atoms with E-state index in [1.54, 1.807) is 12.1 Å². The summed E-state index contributed by atoms with van der Waals surface area (Å²) in [6, 6.07) is 5.41. The van der Waals surface area contributed by atoms with Crippen molar-refractivity contribution in [3.05, 3.63) is 23.8 Å². The first-order valence-corrected chi connectivity index (χ1v) is 8.55. The number of nitrogens with zero attached hydrogens (tertiary/aromatic N) is 1. The van der Waals surface area contributed by atoms with Crippen molar-refractivity contribution in [2.45, 2.75) is 25.2 Å². The third-order valence-electron chi connectivity index (χ3n) is 5.02. The molecule has 1 aromatic carbocycles. The van der Waals surface area contributed by atoms with Crippen LogP contribution in [-0.4, -0.2) is 50.6 Å². The van der Waals surface area contributed by atoms with Gasteiger partial charge in [-0.1, -0.05) is 6.07 Å². The number of nitrogens with one attached hydrogen (secondary N) is 1. The number of alkyl halides is 2. The van der Waals surface area contributed by atoms with Crippen molar-refractivity contribution < 1.29 is 23.0 Å². The van der Waals surface area contributed by atoms with E-state index in [9.17, 15) is 8.78 Å². The Balaban J connectivity index is 1.63. The van der Waals surface area contributed by atoms with Gasteiger partial charge in [0.1, 0.15) is 0 Å². The lowest BCUT2D eigenvalue weighted by Gasteiger charge is -2.41. The third-order valence-corrected chi connectivity index (χ3v) is 5.02. The number of piperazine rings is 1. The van der Waals surface area contributed by atoms with E-state index in [2.05, 4.69) is 19.7 Å². The van der Waals surface area contributed by atoms with Crippen LogP contribution in [-0.2, 0) is 4.74 Å². The average Bonchev–Trinajstić information content (AvgIpc) is 2.90. The second-order valence-corrected chi connectivity index (χ2v) is 6.55. The van der Waals surface area contributed by atoms with Crippen molar-refractivity contribution in [1.82, 2.24) is 10.2 Å². The van der Waals surface area contributed by atoms with Gasteiger partial charge in [-0.25, -0.2) is 0 Å². The summed E-state index contributed by atoms with van der Waals surface area (Å²) in [7, 11) is 0. The van der Waals surface area contributed by atoms with Crippen molar-refractivity contribution in [2.24, 2.45) is 5.92 Å². The molecule has 0 amide bonds. The van der Waals surface area contributed by atoms with Gasteiger partial charge in [0.05, 0.1) is 0 Å². The molecule has 3 aliphatic heterocycles. The van der Waals surface area contributed by atoms with Crippen molar-refractivity contribution in [2.75, 3.05) is 39.4 Å². The first kappa shape index (κ1) is 16.1. The Labute approximate surface area is 139 Å². The number of fused-ring (bicyclic) bond motifs is 1. The van der Waals surface area contributed by atoms with Gasteiger partial charge >= 0.3 is 6.29 Å². The monoisotopic (exact) mass is 340 g/mol. The van der Waals surface area contributed by atoms with Crippen LogP contribution in [0.4, 0.5) is 8.78 Å². The van der Waals surface area contributed by atoms with Gasteiger partial charge in [-0.3, -0.25) is 4.90 Å². The Bertz CT molecular complexity index is 569. The fourth-order valence-corrected chi connectivity index (χ4v) is 3.92. The van der Waals surface area contributed by atoms with E-state index in [0.29, 0.717) is 5.92 Å². The molecule has 0 radical (unpaired) electrons. The molecule has 3 heterocycles. The van der Waals surface area contributed by atoms with E-state index in [1.807, 2.05) is 6.07 Å². The highest BCUT2D eigenvalue weighted by Crippen LogP contribution is 2.44. The summed E-state index contributed by atoms with van der Waals surface area (Å²) < 4.78 is 41.3. The zero-order valence-electron chi connectivity index (χ0n) is 13.5. The normalized spacial score (nSPS) is 25.6. The van der Waals surface area contributed by atoms with Crippen LogP contribution in [0.5, 0.6) is 11.5 Å². The van der Waals surface area contributed by atoms with E-state index in [1.165, 1.54) is 0 Å². The second-order valence-electron chi connectivity index (χ2n) is 6.55. The highest BCUT2D eigenvalue weighted by molar-refractivity contribution is 5.46. The molecule has 2 saturated heterocycles. The summed E-state index contributed by atoms with van der Waals surface area (Å²) in [6.45, 7) is 5.32. The highest BCUT2D eigenvalue weighted by atomic mass is 19.3. The minimum atomic E-state index is -3.57. The SMILES string of the molecule is FC1(F)Oc2ccc([C@@H](C3CCOCC3)N3CCNCC3)cc2O1. The van der Waals surface area contributed by atoms with Crippen LogP contribution in [0.2, 0.25) is 0 Å². The molecule has 24 heavy (non-hydrogen) atoms. The van der Waals surface area contributed by atoms with E-state index in [4.69, 9.17) is 4.74 Å². The molecule has 0 aromatic heterocycles. The number of hydrogen-bond acceptors (Lipinski definition) is 5. The van der Waals surface area contributed by atoms with Crippen molar-refractivity contribution >= 4 is 0 Å². The summed E-state index contributed by atoms with van der Waals surface area (Å²) in [6.07, 6.45) is -1.59. The van der Waals surface area contributed by atoms with Crippen LogP contribution in [0.1, 0.15) is 24.4 Å². The fourth-order valence-electron chi connectivity index (χ4n) is 3.92. The molecule has 132 valence electrons. The lowest BCUT2D eigenvalue weighted by atomic mass is 9.85. The maximum Gasteiger partial charge on any atom is 0.586 e. The van der Waals surface area contributed by atoms with Gasteiger partial charge in [0.15, 0.2) is 11.5 Å². The largest absolute Gasteiger partial charge is 0.586 e. The zero-order chi connectivity index (χ0) is 16.6. The molecule has 0 spiro atoms. The molecular formula is C17H22F2N2O3. The highest BCUT2D eigenvalue weighted by Gasteiger charge is 2.44. The predicted octanol–water partition coefficient (Wildman–Crippen LogP) is 2.38. The van der Waals surface area contributed by atoms with E-state index < -0.39 is 6.29 Å². The lowest BCUT2D eigenvalue weighted by Crippen LogP contribution is -2.47. The maximum absolute atomic E-state index is 13.3. The minimum Gasteiger partial charge on any atom is -0.395 e. The van der Waals surface area contributed by atoms with Gasteiger partial charge in [0.25, 0.3) is 0 Å². The standard InChI is InChI=1S/C17H22F2N2O3/c18-17(19)23-14-2-1-13(11-15(14)24-17)16(12-3-9-22-10-4-12)21-7-5-20-6-8-21/h1-2,11-12,16,20H,3-10H2/t16-/m1/s1. The molecule has 0 unspecified atom stereocenters. The van der Waals surface area contributed by atoms with Gasteiger partial charge < -0.3 is 19.5 Å². The number of benzene rings is 1. The van der Waals surface area contributed by atoms with Gasteiger partial charge in [-0.2, -0.15) is 0 Å². The van der Waals surface area contributed by atoms with Crippen LogP contribution in [0.15, 0.2) is 18.2 Å². The summed E-state index contributed by atoms with van der Waals surface area (Å²) in [5.41, 5.74) is 1.02. The maximum atomic E-state index is 13.3. The zero-order valence-corrected chi connectivity index (χ0v) is 13.5. The smallest absolute Gasteiger partial charge is 0.395 e. The predicted molar refractivity (Wildman–Crippen MR) is 83.4 cm³/mol. The molecular weight excluding hydrogens is 318 g/mol. The summed E-state index contributed by atoms with van der Waals surface area (Å²) in [5.74, 6) is 0.692. The molecule has 3 aliphatic rings. The molecule has 7 heteroatoms. The molecule has 4 rings (SSSR count).